The van der Waals surface area contributed by atoms with Gasteiger partial charge < -0.3 is 10.2 Å². The summed E-state index contributed by atoms with van der Waals surface area (Å²) in [4.78, 5) is 13.2. The first kappa shape index (κ1) is 13.4. The first-order chi connectivity index (χ1) is 7.15. The average molecular weight is 248 g/mol. The van der Waals surface area contributed by atoms with E-state index in [0.29, 0.717) is 6.54 Å². The van der Waals surface area contributed by atoms with Crippen molar-refractivity contribution in [3.05, 3.63) is 0 Å². The van der Waals surface area contributed by atoms with Crippen LogP contribution in [0.2, 0.25) is 0 Å². The van der Waals surface area contributed by atoms with Gasteiger partial charge in [0.1, 0.15) is 0 Å². The van der Waals surface area contributed by atoms with Crippen LogP contribution in [-0.2, 0) is 14.6 Å². The number of sulfone groups is 1. The van der Waals surface area contributed by atoms with E-state index in [1.54, 1.807) is 25.8 Å². The van der Waals surface area contributed by atoms with Crippen LogP contribution >= 0.6 is 0 Å². The molecule has 1 amide bonds. The third kappa shape index (κ3) is 2.74. The molecule has 16 heavy (non-hydrogen) atoms. The Kier molecular flexibility index (Phi) is 3.64. The fraction of sp³-hybridized carbons (Fsp3) is 0.900. The number of amides is 1. The van der Waals surface area contributed by atoms with Gasteiger partial charge in [0.05, 0.1) is 10.8 Å². The van der Waals surface area contributed by atoms with Crippen LogP contribution < -0.4 is 5.32 Å². The molecule has 0 saturated carbocycles. The number of carbonyl (C=O) groups excluding carboxylic acids is 1. The maximum absolute atomic E-state index is 11.6. The van der Waals surface area contributed by atoms with E-state index in [1.165, 1.54) is 6.26 Å². The molecule has 1 heterocycles. The Hall–Kier alpha value is -0.620. The third-order valence-electron chi connectivity index (χ3n) is 3.21. The van der Waals surface area contributed by atoms with E-state index in [-0.39, 0.29) is 11.9 Å². The van der Waals surface area contributed by atoms with E-state index >= 15 is 0 Å². The zero-order chi connectivity index (χ0) is 12.6. The number of likely N-dealkylation sites (tertiary alicyclic amines) is 1. The summed E-state index contributed by atoms with van der Waals surface area (Å²) in [7, 11) is -1.36. The lowest BCUT2D eigenvalue weighted by Crippen LogP contribution is -2.47. The highest BCUT2D eigenvalue weighted by atomic mass is 32.2. The highest BCUT2D eigenvalue weighted by Crippen LogP contribution is 2.15. The SMILES string of the molecule is CN1CCC(NCC(C)(C)S(C)(=O)=O)C1=O. The molecule has 1 fully saturated rings. The van der Waals surface area contributed by atoms with E-state index < -0.39 is 14.6 Å². The van der Waals surface area contributed by atoms with E-state index in [4.69, 9.17) is 0 Å². The smallest absolute Gasteiger partial charge is 0.239 e. The van der Waals surface area contributed by atoms with Crippen molar-refractivity contribution in [3.63, 3.8) is 0 Å². The predicted octanol–water partition coefficient (Wildman–Crippen LogP) is -0.370. The van der Waals surface area contributed by atoms with Crippen LogP contribution in [0.3, 0.4) is 0 Å². The topological polar surface area (TPSA) is 66.5 Å². The van der Waals surface area contributed by atoms with Gasteiger partial charge in [-0.1, -0.05) is 0 Å². The maximum Gasteiger partial charge on any atom is 0.239 e. The monoisotopic (exact) mass is 248 g/mol. The molecule has 1 N–H and O–H groups in total. The molecule has 1 unspecified atom stereocenters. The number of likely N-dealkylation sites (N-methyl/N-ethyl adjacent to an activating group) is 1. The van der Waals surface area contributed by atoms with E-state index in [0.717, 1.165) is 13.0 Å². The van der Waals surface area contributed by atoms with Crippen LogP contribution in [-0.4, -0.2) is 56.4 Å². The molecule has 0 aromatic rings. The summed E-state index contributed by atoms with van der Waals surface area (Å²) < 4.78 is 22.1. The first-order valence-electron chi connectivity index (χ1n) is 5.33. The van der Waals surface area contributed by atoms with E-state index in [9.17, 15) is 13.2 Å². The van der Waals surface area contributed by atoms with E-state index in [1.807, 2.05) is 0 Å². The molecule has 1 rings (SSSR count). The lowest BCUT2D eigenvalue weighted by Gasteiger charge is -2.24. The Labute approximate surface area is 97.1 Å². The van der Waals surface area contributed by atoms with Crippen molar-refractivity contribution >= 4 is 15.7 Å². The second-order valence-corrected chi connectivity index (χ2v) is 7.66. The van der Waals surface area contributed by atoms with Crippen molar-refractivity contribution in [1.29, 1.82) is 0 Å². The predicted molar refractivity (Wildman–Crippen MR) is 63.0 cm³/mol. The molecule has 0 bridgehead atoms. The number of hydrogen-bond acceptors (Lipinski definition) is 4. The Bertz CT molecular complexity index is 376. The van der Waals surface area contributed by atoms with Crippen molar-refractivity contribution in [2.24, 2.45) is 0 Å². The maximum atomic E-state index is 11.6. The molecule has 0 aromatic carbocycles. The van der Waals surface area contributed by atoms with Crippen LogP contribution in [0, 0.1) is 0 Å². The molecule has 94 valence electrons. The molecular weight excluding hydrogens is 228 g/mol. The summed E-state index contributed by atoms with van der Waals surface area (Å²) in [5, 5.41) is 3.04. The highest BCUT2D eigenvalue weighted by molar-refractivity contribution is 7.92. The Morgan fingerprint density at radius 2 is 2.06 bits per heavy atom. The van der Waals surface area contributed by atoms with Crippen molar-refractivity contribution in [2.45, 2.75) is 31.1 Å². The molecular formula is C10H20N2O3S. The molecule has 1 aliphatic heterocycles. The third-order valence-corrected chi connectivity index (χ3v) is 5.36. The van der Waals surface area contributed by atoms with Gasteiger partial charge >= 0.3 is 0 Å². The summed E-state index contributed by atoms with van der Waals surface area (Å²) in [6.45, 7) is 4.36. The van der Waals surface area contributed by atoms with Crippen LogP contribution in [0.5, 0.6) is 0 Å². The van der Waals surface area contributed by atoms with Gasteiger partial charge in [0, 0.05) is 26.4 Å². The van der Waals surface area contributed by atoms with Gasteiger partial charge in [0.25, 0.3) is 0 Å². The van der Waals surface area contributed by atoms with Gasteiger partial charge in [0.2, 0.25) is 5.91 Å². The fourth-order valence-electron chi connectivity index (χ4n) is 1.51. The molecule has 0 radical (unpaired) electrons. The molecule has 0 spiro atoms. The molecule has 1 atom stereocenters. The normalized spacial score (nSPS) is 22.9. The average Bonchev–Trinajstić information content (AvgIpc) is 2.43. The molecule has 0 aliphatic carbocycles. The molecule has 5 nitrogen and oxygen atoms in total. The standard InChI is InChI=1S/C10H20N2O3S/c1-10(2,16(4,14)15)7-11-8-5-6-12(3)9(8)13/h8,11H,5-7H2,1-4H3. The van der Waals surface area contributed by atoms with Crippen LogP contribution in [0.1, 0.15) is 20.3 Å². The minimum atomic E-state index is -3.11. The van der Waals surface area contributed by atoms with Crippen molar-refractivity contribution < 1.29 is 13.2 Å². The first-order valence-corrected chi connectivity index (χ1v) is 7.22. The van der Waals surface area contributed by atoms with Crippen molar-refractivity contribution in [2.75, 3.05) is 26.4 Å². The zero-order valence-electron chi connectivity index (χ0n) is 10.3. The van der Waals surface area contributed by atoms with E-state index in [2.05, 4.69) is 5.32 Å². The number of nitrogens with one attached hydrogen (secondary N) is 1. The second kappa shape index (κ2) is 4.33. The Morgan fingerprint density at radius 1 is 1.50 bits per heavy atom. The lowest BCUT2D eigenvalue weighted by atomic mass is 10.2. The van der Waals surface area contributed by atoms with Gasteiger partial charge in [-0.05, 0) is 20.3 Å². The van der Waals surface area contributed by atoms with Gasteiger partial charge in [-0.2, -0.15) is 0 Å². The number of nitrogens with zero attached hydrogens (tertiary/aromatic N) is 1. The van der Waals surface area contributed by atoms with Gasteiger partial charge in [-0.15, -0.1) is 0 Å². The van der Waals surface area contributed by atoms with Crippen LogP contribution in [0.25, 0.3) is 0 Å². The largest absolute Gasteiger partial charge is 0.344 e. The van der Waals surface area contributed by atoms with Gasteiger partial charge in [-0.3, -0.25) is 4.79 Å². The van der Waals surface area contributed by atoms with Gasteiger partial charge in [-0.25, -0.2) is 8.42 Å². The summed E-state index contributed by atoms with van der Waals surface area (Å²) >= 11 is 0. The number of hydrogen-bond donors (Lipinski definition) is 1. The van der Waals surface area contributed by atoms with Crippen molar-refractivity contribution in [1.82, 2.24) is 10.2 Å². The summed E-state index contributed by atoms with van der Waals surface area (Å²) in [6.07, 6.45) is 1.96. The minimum Gasteiger partial charge on any atom is -0.344 e. The molecule has 6 heteroatoms. The molecule has 1 aliphatic rings. The quantitative estimate of drug-likeness (QED) is 0.737. The number of carbonyl (C=O) groups is 1. The Morgan fingerprint density at radius 3 is 2.44 bits per heavy atom. The summed E-state index contributed by atoms with van der Waals surface area (Å²) in [6, 6.07) is -0.231. The van der Waals surface area contributed by atoms with Crippen LogP contribution in [0.4, 0.5) is 0 Å². The second-order valence-electron chi connectivity index (χ2n) is 5.01. The Balaban J connectivity index is 2.56. The van der Waals surface area contributed by atoms with Gasteiger partial charge in [0.15, 0.2) is 9.84 Å². The number of rotatable bonds is 4. The highest BCUT2D eigenvalue weighted by Gasteiger charge is 2.34. The van der Waals surface area contributed by atoms with Crippen LogP contribution in [0.15, 0.2) is 0 Å². The summed E-state index contributed by atoms with van der Waals surface area (Å²) in [5.41, 5.74) is 0. The molecule has 1 saturated heterocycles. The summed E-state index contributed by atoms with van der Waals surface area (Å²) in [5.74, 6) is 0.0456. The minimum absolute atomic E-state index is 0.0456. The molecule has 0 aromatic heterocycles. The zero-order valence-corrected chi connectivity index (χ0v) is 11.1. The lowest BCUT2D eigenvalue weighted by molar-refractivity contribution is -0.128. The van der Waals surface area contributed by atoms with Crippen molar-refractivity contribution in [3.8, 4) is 0 Å². The fourth-order valence-corrected chi connectivity index (χ4v) is 1.86.